The number of methoxy groups -OCH3 is 1. The Bertz CT molecular complexity index is 974. The molecule has 1 N–H and O–H groups in total. The van der Waals surface area contributed by atoms with Crippen LogP contribution in [0.25, 0.3) is 11.3 Å². The quantitative estimate of drug-likeness (QED) is 0.640. The molecule has 3 aromatic rings. The molecule has 0 spiro atoms. The van der Waals surface area contributed by atoms with Crippen LogP contribution in [-0.4, -0.2) is 17.1 Å². The van der Waals surface area contributed by atoms with Crippen LogP contribution < -0.4 is 10.1 Å². The van der Waals surface area contributed by atoms with Gasteiger partial charge in [0.05, 0.1) is 23.9 Å². The highest BCUT2D eigenvalue weighted by Gasteiger charge is 2.20. The summed E-state index contributed by atoms with van der Waals surface area (Å²) in [6, 6.07) is 16.6. The minimum absolute atomic E-state index is 0.262. The van der Waals surface area contributed by atoms with Crippen molar-refractivity contribution in [1.29, 1.82) is 0 Å². The summed E-state index contributed by atoms with van der Waals surface area (Å²) in [5.41, 5.74) is 4.41. The van der Waals surface area contributed by atoms with E-state index in [1.54, 1.807) is 7.11 Å². The summed E-state index contributed by atoms with van der Waals surface area (Å²) in [5.74, 6) is 2.16. The van der Waals surface area contributed by atoms with Crippen molar-refractivity contribution in [2.24, 2.45) is 0 Å². The van der Waals surface area contributed by atoms with Crippen molar-refractivity contribution in [3.8, 4) is 17.0 Å². The molecule has 1 aliphatic rings. The highest BCUT2D eigenvalue weighted by Crippen LogP contribution is 2.36. The second-order valence-electron chi connectivity index (χ2n) is 6.80. The summed E-state index contributed by atoms with van der Waals surface area (Å²) in [4.78, 5) is 9.19. The zero-order valence-corrected chi connectivity index (χ0v) is 16.3. The summed E-state index contributed by atoms with van der Waals surface area (Å²) >= 11 is 6.50. The van der Waals surface area contributed by atoms with E-state index in [1.807, 2.05) is 31.2 Å². The fraction of sp³-hybridized carbons (Fsp3) is 0.273. The van der Waals surface area contributed by atoms with Gasteiger partial charge in [-0.2, -0.15) is 0 Å². The Morgan fingerprint density at radius 1 is 1.11 bits per heavy atom. The van der Waals surface area contributed by atoms with Crippen molar-refractivity contribution < 1.29 is 4.74 Å². The molecule has 1 unspecified atom stereocenters. The van der Waals surface area contributed by atoms with E-state index >= 15 is 0 Å². The molecule has 138 valence electrons. The Balaban J connectivity index is 1.69. The second-order valence-corrected chi connectivity index (χ2v) is 7.17. The lowest BCUT2D eigenvalue weighted by Gasteiger charge is -2.27. The molecule has 1 heterocycles. The van der Waals surface area contributed by atoms with Crippen molar-refractivity contribution in [3.63, 3.8) is 0 Å². The molecule has 2 aromatic carbocycles. The molecule has 0 radical (unpaired) electrons. The van der Waals surface area contributed by atoms with E-state index in [4.69, 9.17) is 16.3 Å². The number of fused-ring (bicyclic) bond motifs is 1. The Labute approximate surface area is 164 Å². The maximum atomic E-state index is 6.50. The van der Waals surface area contributed by atoms with Gasteiger partial charge in [0.25, 0.3) is 0 Å². The van der Waals surface area contributed by atoms with Crippen molar-refractivity contribution in [2.45, 2.75) is 32.2 Å². The van der Waals surface area contributed by atoms with Crippen molar-refractivity contribution in [1.82, 2.24) is 9.97 Å². The molecule has 27 heavy (non-hydrogen) atoms. The predicted octanol–water partition coefficient (Wildman–Crippen LogP) is 5.60. The molecular formula is C22H22ClN3O. The first-order valence-corrected chi connectivity index (χ1v) is 9.56. The third kappa shape index (κ3) is 3.62. The molecule has 1 atom stereocenters. The molecule has 4 rings (SSSR count). The lowest BCUT2D eigenvalue weighted by molar-refractivity contribution is 0.415. The van der Waals surface area contributed by atoms with Gasteiger partial charge in [0.2, 0.25) is 0 Å². The SMILES string of the molecule is COc1cccc(-c2cc(NC3CCCc4ccccc43)nc(C)n2)c1Cl. The maximum absolute atomic E-state index is 6.50. The number of nitrogens with zero attached hydrogens (tertiary/aromatic N) is 2. The summed E-state index contributed by atoms with van der Waals surface area (Å²) in [5, 5.41) is 4.17. The smallest absolute Gasteiger partial charge is 0.138 e. The normalized spacial score (nSPS) is 15.9. The lowest BCUT2D eigenvalue weighted by atomic mass is 9.88. The first-order chi connectivity index (χ1) is 13.2. The highest BCUT2D eigenvalue weighted by atomic mass is 35.5. The van der Waals surface area contributed by atoms with Gasteiger partial charge in [-0.15, -0.1) is 0 Å². The molecular weight excluding hydrogens is 358 g/mol. The van der Waals surface area contributed by atoms with Crippen molar-refractivity contribution in [2.75, 3.05) is 12.4 Å². The van der Waals surface area contributed by atoms with Crippen LogP contribution in [0.5, 0.6) is 5.75 Å². The van der Waals surface area contributed by atoms with Gasteiger partial charge in [-0.3, -0.25) is 0 Å². The first-order valence-electron chi connectivity index (χ1n) is 9.18. The first kappa shape index (κ1) is 17.8. The molecule has 1 aromatic heterocycles. The number of anilines is 1. The Kier molecular flexibility index (Phi) is 4.99. The van der Waals surface area contributed by atoms with Crippen molar-refractivity contribution in [3.05, 3.63) is 70.5 Å². The molecule has 0 fully saturated rings. The van der Waals surface area contributed by atoms with Crippen LogP contribution in [-0.2, 0) is 6.42 Å². The van der Waals surface area contributed by atoms with Crippen LogP contribution in [0.4, 0.5) is 5.82 Å². The molecule has 0 amide bonds. The molecule has 4 nitrogen and oxygen atoms in total. The van der Waals surface area contributed by atoms with Gasteiger partial charge in [0, 0.05) is 11.6 Å². The molecule has 1 aliphatic carbocycles. The molecule has 0 bridgehead atoms. The van der Waals surface area contributed by atoms with Gasteiger partial charge in [0.15, 0.2) is 0 Å². The topological polar surface area (TPSA) is 47.0 Å². The number of nitrogens with one attached hydrogen (secondary N) is 1. The number of aromatic nitrogens is 2. The monoisotopic (exact) mass is 379 g/mol. The third-order valence-electron chi connectivity index (χ3n) is 4.99. The van der Waals surface area contributed by atoms with E-state index < -0.39 is 0 Å². The lowest BCUT2D eigenvalue weighted by Crippen LogP contribution is -2.18. The Morgan fingerprint density at radius 2 is 1.96 bits per heavy atom. The maximum Gasteiger partial charge on any atom is 0.138 e. The van der Waals surface area contributed by atoms with Crippen LogP contribution >= 0.6 is 11.6 Å². The highest BCUT2D eigenvalue weighted by molar-refractivity contribution is 6.34. The number of ether oxygens (including phenoxy) is 1. The van der Waals surface area contributed by atoms with E-state index in [1.165, 1.54) is 17.5 Å². The number of hydrogen-bond acceptors (Lipinski definition) is 4. The number of halogens is 1. The van der Waals surface area contributed by atoms with Gasteiger partial charge >= 0.3 is 0 Å². The van der Waals surface area contributed by atoms with Crippen LogP contribution in [0.2, 0.25) is 5.02 Å². The van der Waals surface area contributed by atoms with Crippen molar-refractivity contribution >= 4 is 17.4 Å². The summed E-state index contributed by atoms with van der Waals surface area (Å²) in [7, 11) is 1.61. The van der Waals surface area contributed by atoms with Crippen LogP contribution in [0.15, 0.2) is 48.5 Å². The number of hydrogen-bond donors (Lipinski definition) is 1. The third-order valence-corrected chi connectivity index (χ3v) is 5.38. The van der Waals surface area contributed by atoms with E-state index in [0.29, 0.717) is 16.6 Å². The summed E-state index contributed by atoms with van der Waals surface area (Å²) < 4.78 is 5.34. The fourth-order valence-electron chi connectivity index (χ4n) is 3.73. The van der Waals surface area contributed by atoms with Crippen LogP contribution in [0, 0.1) is 6.92 Å². The minimum Gasteiger partial charge on any atom is -0.495 e. The Hall–Kier alpha value is -2.59. The van der Waals surface area contributed by atoms with Gasteiger partial charge in [0.1, 0.15) is 17.4 Å². The van der Waals surface area contributed by atoms with Gasteiger partial charge in [-0.1, -0.05) is 48.0 Å². The number of benzene rings is 2. The molecule has 0 saturated carbocycles. The average molecular weight is 380 g/mol. The van der Waals surface area contributed by atoms with Gasteiger partial charge < -0.3 is 10.1 Å². The van der Waals surface area contributed by atoms with E-state index in [2.05, 4.69) is 39.6 Å². The summed E-state index contributed by atoms with van der Waals surface area (Å²) in [6.07, 6.45) is 3.41. The zero-order valence-electron chi connectivity index (χ0n) is 15.5. The zero-order chi connectivity index (χ0) is 18.8. The van der Waals surface area contributed by atoms with E-state index in [0.717, 1.165) is 29.9 Å². The van der Waals surface area contributed by atoms with E-state index in [9.17, 15) is 0 Å². The van der Waals surface area contributed by atoms with Crippen LogP contribution in [0.1, 0.15) is 35.8 Å². The predicted molar refractivity (Wildman–Crippen MR) is 110 cm³/mol. The second kappa shape index (κ2) is 7.57. The Morgan fingerprint density at radius 3 is 2.81 bits per heavy atom. The van der Waals surface area contributed by atoms with Gasteiger partial charge in [-0.25, -0.2) is 9.97 Å². The van der Waals surface area contributed by atoms with Crippen LogP contribution in [0.3, 0.4) is 0 Å². The number of rotatable bonds is 4. The molecule has 0 aliphatic heterocycles. The standard InChI is InChI=1S/C22H22ClN3O/c1-14-24-19(17-10-6-12-20(27-2)22(17)23)13-21(25-14)26-18-11-5-8-15-7-3-4-9-16(15)18/h3-4,6-7,9-10,12-13,18H,5,8,11H2,1-2H3,(H,24,25,26). The average Bonchev–Trinajstić information content (AvgIpc) is 2.68. The van der Waals surface area contributed by atoms with Gasteiger partial charge in [-0.05, 0) is 43.4 Å². The fourth-order valence-corrected chi connectivity index (χ4v) is 4.03. The molecule has 0 saturated heterocycles. The summed E-state index contributed by atoms with van der Waals surface area (Å²) in [6.45, 7) is 1.90. The van der Waals surface area contributed by atoms with E-state index in [-0.39, 0.29) is 6.04 Å². The molecule has 5 heteroatoms. The largest absolute Gasteiger partial charge is 0.495 e. The minimum atomic E-state index is 0.262. The number of aryl methyl sites for hydroxylation is 2.